The highest BCUT2D eigenvalue weighted by molar-refractivity contribution is 5.94. The number of para-hydroxylation sites is 1. The molecule has 1 amide bonds. The van der Waals surface area contributed by atoms with Gasteiger partial charge in [-0.25, -0.2) is 0 Å². The molecule has 0 aliphatic rings. The molecule has 0 saturated heterocycles. The van der Waals surface area contributed by atoms with Crippen molar-refractivity contribution in [2.75, 3.05) is 18.7 Å². The first kappa shape index (κ1) is 20.9. The zero-order valence-corrected chi connectivity index (χ0v) is 15.7. The highest BCUT2D eigenvalue weighted by atomic mass is 35.5. The van der Waals surface area contributed by atoms with Crippen molar-refractivity contribution in [2.24, 2.45) is 0 Å². The van der Waals surface area contributed by atoms with Gasteiger partial charge in [0.15, 0.2) is 0 Å². The van der Waals surface area contributed by atoms with Crippen molar-refractivity contribution in [3.63, 3.8) is 0 Å². The lowest BCUT2D eigenvalue weighted by atomic mass is 10.0. The standard InChI is InChI=1S/C19H25N3O2.ClH/c1-4-15-9-8-10-16(5-2)19(15)22(14-24-3)18(23)13-21-12-7-6-11-17(21)20;/h6-12,20H,4-5,13-14H2,1-3H3;1H/p-1. The van der Waals surface area contributed by atoms with Gasteiger partial charge in [0.1, 0.15) is 18.8 Å². The van der Waals surface area contributed by atoms with Gasteiger partial charge in [-0.15, -0.1) is 0 Å². The van der Waals surface area contributed by atoms with Gasteiger partial charge >= 0.3 is 0 Å². The van der Waals surface area contributed by atoms with Crippen LogP contribution in [0.3, 0.4) is 0 Å². The second-order valence-electron chi connectivity index (χ2n) is 5.59. The SMILES string of the molecule is CCc1cccc(CC)c1N(COC)C(=O)Cn1ccccc1=N.[Cl-]. The second kappa shape index (κ2) is 10.0. The third-order valence-electron chi connectivity index (χ3n) is 4.04. The van der Waals surface area contributed by atoms with Crippen LogP contribution in [0.15, 0.2) is 42.6 Å². The molecule has 0 unspecified atom stereocenters. The lowest BCUT2D eigenvalue weighted by molar-refractivity contribution is -0.120. The lowest BCUT2D eigenvalue weighted by Crippen LogP contribution is -3.00. The van der Waals surface area contributed by atoms with E-state index in [0.29, 0.717) is 5.49 Å². The summed E-state index contributed by atoms with van der Waals surface area (Å²) in [6, 6.07) is 11.4. The van der Waals surface area contributed by atoms with Crippen LogP contribution < -0.4 is 22.8 Å². The van der Waals surface area contributed by atoms with Gasteiger partial charge < -0.3 is 21.7 Å². The smallest absolute Gasteiger partial charge is 0.248 e. The van der Waals surface area contributed by atoms with Crippen molar-refractivity contribution in [1.29, 1.82) is 5.41 Å². The van der Waals surface area contributed by atoms with Crippen molar-refractivity contribution >= 4 is 11.6 Å². The first-order chi connectivity index (χ1) is 11.6. The van der Waals surface area contributed by atoms with Gasteiger partial charge in [-0.2, -0.15) is 0 Å². The van der Waals surface area contributed by atoms with Gasteiger partial charge in [0.25, 0.3) is 0 Å². The summed E-state index contributed by atoms with van der Waals surface area (Å²) in [6.45, 7) is 4.48. The molecule has 2 rings (SSSR count). The van der Waals surface area contributed by atoms with E-state index in [0.717, 1.165) is 29.7 Å². The molecule has 0 atom stereocenters. The number of aryl methyl sites for hydroxylation is 2. The number of anilines is 1. The van der Waals surface area contributed by atoms with Crippen molar-refractivity contribution in [3.05, 3.63) is 59.2 Å². The van der Waals surface area contributed by atoms with E-state index in [1.54, 1.807) is 34.9 Å². The Balaban J connectivity index is 0.00000312. The Bertz CT molecular complexity index is 736. The number of carbonyl (C=O) groups excluding carboxylic acids is 1. The maximum absolute atomic E-state index is 12.9. The molecule has 1 aromatic carbocycles. The molecule has 1 N–H and O–H groups in total. The number of halogens is 1. The molecule has 136 valence electrons. The fourth-order valence-corrected chi connectivity index (χ4v) is 2.80. The molecule has 0 radical (unpaired) electrons. The van der Waals surface area contributed by atoms with Crippen LogP contribution in [-0.4, -0.2) is 24.3 Å². The maximum Gasteiger partial charge on any atom is 0.248 e. The molecule has 2 aromatic rings. The number of ether oxygens (including phenoxy) is 1. The highest BCUT2D eigenvalue weighted by Gasteiger charge is 2.21. The van der Waals surface area contributed by atoms with E-state index in [9.17, 15) is 4.79 Å². The van der Waals surface area contributed by atoms with E-state index in [1.165, 1.54) is 0 Å². The van der Waals surface area contributed by atoms with Gasteiger partial charge in [0.05, 0.1) is 5.69 Å². The summed E-state index contributed by atoms with van der Waals surface area (Å²) in [4.78, 5) is 14.6. The first-order valence-electron chi connectivity index (χ1n) is 8.22. The number of benzene rings is 1. The molecular formula is C19H25ClN3O2-. The number of carbonyl (C=O) groups is 1. The lowest BCUT2D eigenvalue weighted by Gasteiger charge is -2.27. The van der Waals surface area contributed by atoms with Crippen LogP contribution in [0.5, 0.6) is 0 Å². The normalized spacial score (nSPS) is 10.2. The quantitative estimate of drug-likeness (QED) is 0.690. The molecule has 0 saturated carbocycles. The summed E-state index contributed by atoms with van der Waals surface area (Å²) in [6.07, 6.45) is 3.44. The van der Waals surface area contributed by atoms with Crippen LogP contribution in [0.2, 0.25) is 0 Å². The fraction of sp³-hybridized carbons (Fsp3) is 0.368. The van der Waals surface area contributed by atoms with Crippen LogP contribution in [0, 0.1) is 5.41 Å². The number of pyridine rings is 1. The van der Waals surface area contributed by atoms with E-state index in [-0.39, 0.29) is 31.6 Å². The third-order valence-corrected chi connectivity index (χ3v) is 4.04. The number of methoxy groups -OCH3 is 1. The molecule has 0 aliphatic heterocycles. The minimum atomic E-state index is -0.0860. The second-order valence-corrected chi connectivity index (χ2v) is 5.59. The molecule has 0 fully saturated rings. The first-order valence-corrected chi connectivity index (χ1v) is 8.22. The molecule has 1 aromatic heterocycles. The number of nitrogens with zero attached hydrogens (tertiary/aromatic N) is 2. The Hall–Kier alpha value is -2.11. The zero-order valence-electron chi connectivity index (χ0n) is 15.0. The van der Waals surface area contributed by atoms with Crippen LogP contribution in [0.4, 0.5) is 5.69 Å². The number of hydrogen-bond acceptors (Lipinski definition) is 3. The predicted molar refractivity (Wildman–Crippen MR) is 94.8 cm³/mol. The molecule has 1 heterocycles. The van der Waals surface area contributed by atoms with Gasteiger partial charge in [0, 0.05) is 13.3 Å². The number of rotatable bonds is 7. The zero-order chi connectivity index (χ0) is 17.5. The van der Waals surface area contributed by atoms with Crippen LogP contribution in [0.1, 0.15) is 25.0 Å². The average molecular weight is 363 g/mol. The van der Waals surface area contributed by atoms with E-state index >= 15 is 0 Å². The number of nitrogens with one attached hydrogen (secondary N) is 1. The van der Waals surface area contributed by atoms with Gasteiger partial charge in [0.2, 0.25) is 5.91 Å². The van der Waals surface area contributed by atoms with E-state index in [2.05, 4.69) is 26.0 Å². The highest BCUT2D eigenvalue weighted by Crippen LogP contribution is 2.27. The monoisotopic (exact) mass is 362 g/mol. The van der Waals surface area contributed by atoms with Crippen LogP contribution in [-0.2, 0) is 28.9 Å². The molecule has 6 heteroatoms. The van der Waals surface area contributed by atoms with Gasteiger partial charge in [-0.3, -0.25) is 15.1 Å². The minimum absolute atomic E-state index is 0. The van der Waals surface area contributed by atoms with Crippen molar-refractivity contribution in [1.82, 2.24) is 4.57 Å². The molecule has 0 aliphatic carbocycles. The minimum Gasteiger partial charge on any atom is -1.00 e. The molecular weight excluding hydrogens is 338 g/mol. The summed E-state index contributed by atoms with van der Waals surface area (Å²) < 4.78 is 6.93. The average Bonchev–Trinajstić information content (AvgIpc) is 2.60. The Morgan fingerprint density at radius 1 is 1.12 bits per heavy atom. The summed E-state index contributed by atoms with van der Waals surface area (Å²) in [5.41, 5.74) is 3.51. The summed E-state index contributed by atoms with van der Waals surface area (Å²) in [7, 11) is 1.59. The molecule has 25 heavy (non-hydrogen) atoms. The number of amides is 1. The van der Waals surface area contributed by atoms with Crippen molar-refractivity contribution in [3.8, 4) is 0 Å². The Labute approximate surface area is 155 Å². The summed E-state index contributed by atoms with van der Waals surface area (Å²) >= 11 is 0. The van der Waals surface area contributed by atoms with Crippen molar-refractivity contribution in [2.45, 2.75) is 33.2 Å². The van der Waals surface area contributed by atoms with E-state index in [1.807, 2.05) is 12.1 Å². The Morgan fingerprint density at radius 2 is 1.76 bits per heavy atom. The fourth-order valence-electron chi connectivity index (χ4n) is 2.80. The van der Waals surface area contributed by atoms with Crippen molar-refractivity contribution < 1.29 is 21.9 Å². The molecule has 0 spiro atoms. The maximum atomic E-state index is 12.9. The molecule has 5 nitrogen and oxygen atoms in total. The van der Waals surface area contributed by atoms with E-state index in [4.69, 9.17) is 10.1 Å². The predicted octanol–water partition coefficient (Wildman–Crippen LogP) is -0.267. The van der Waals surface area contributed by atoms with Crippen LogP contribution in [0.25, 0.3) is 0 Å². The molecule has 0 bridgehead atoms. The Kier molecular flexibility index (Phi) is 8.38. The van der Waals surface area contributed by atoms with E-state index < -0.39 is 0 Å². The van der Waals surface area contributed by atoms with Gasteiger partial charge in [-0.1, -0.05) is 38.1 Å². The van der Waals surface area contributed by atoms with Gasteiger partial charge in [-0.05, 0) is 36.1 Å². The third kappa shape index (κ3) is 4.94. The Morgan fingerprint density at radius 3 is 2.28 bits per heavy atom. The number of hydrogen-bond donors (Lipinski definition) is 1. The number of aromatic nitrogens is 1. The van der Waals surface area contributed by atoms with Crippen LogP contribution >= 0.6 is 0 Å². The largest absolute Gasteiger partial charge is 1.00 e. The summed E-state index contributed by atoms with van der Waals surface area (Å²) in [5.74, 6) is -0.0860. The summed E-state index contributed by atoms with van der Waals surface area (Å²) in [5, 5.41) is 7.93. The topological polar surface area (TPSA) is 58.3 Å².